The minimum atomic E-state index is -4.01. The van der Waals surface area contributed by atoms with Crippen molar-refractivity contribution >= 4 is 48.4 Å². The van der Waals surface area contributed by atoms with E-state index in [1.54, 1.807) is 23.1 Å². The molecule has 4 rings (SSSR count). The van der Waals surface area contributed by atoms with Gasteiger partial charge in [-0.1, -0.05) is 30.3 Å². The molecule has 3 aromatic carbocycles. The summed E-state index contributed by atoms with van der Waals surface area (Å²) in [5.41, 5.74) is 1.60. The molecular formula is C21H18BrNO4S. The number of anilines is 1. The molecule has 1 heterocycles. The average Bonchev–Trinajstić information content (AvgIpc) is 2.69. The highest BCUT2D eigenvalue weighted by Crippen LogP contribution is 2.36. The lowest BCUT2D eigenvalue weighted by Gasteiger charge is -2.28. The number of benzene rings is 3. The molecule has 0 radical (unpaired) electrons. The predicted octanol–water partition coefficient (Wildman–Crippen LogP) is 4.67. The molecule has 0 fully saturated rings. The van der Waals surface area contributed by atoms with Crippen LogP contribution in [0.1, 0.15) is 18.9 Å². The van der Waals surface area contributed by atoms with Crippen molar-refractivity contribution in [2.75, 3.05) is 11.4 Å². The first kappa shape index (κ1) is 19.0. The van der Waals surface area contributed by atoms with E-state index in [0.717, 1.165) is 34.9 Å². The number of hydrogen-bond donors (Lipinski definition) is 0. The van der Waals surface area contributed by atoms with Crippen LogP contribution in [0.2, 0.25) is 0 Å². The second-order valence-electron chi connectivity index (χ2n) is 6.70. The summed E-state index contributed by atoms with van der Waals surface area (Å²) >= 11 is 3.46. The molecule has 1 aliphatic heterocycles. The molecule has 1 amide bonds. The van der Waals surface area contributed by atoms with Crippen molar-refractivity contribution in [3.63, 3.8) is 0 Å². The Morgan fingerprint density at radius 2 is 1.89 bits per heavy atom. The van der Waals surface area contributed by atoms with Crippen LogP contribution in [-0.4, -0.2) is 20.9 Å². The van der Waals surface area contributed by atoms with Gasteiger partial charge in [0.25, 0.3) is 0 Å². The summed E-state index contributed by atoms with van der Waals surface area (Å²) in [6, 6.07) is 15.9. The number of hydrogen-bond acceptors (Lipinski definition) is 4. The molecule has 3 aromatic rings. The summed E-state index contributed by atoms with van der Waals surface area (Å²) in [6.45, 7) is 2.16. The van der Waals surface area contributed by atoms with Crippen LogP contribution in [0, 0.1) is 0 Å². The highest BCUT2D eigenvalue weighted by Gasteiger charge is 2.24. The maximum Gasteiger partial charge on any atom is 0.339 e. The lowest BCUT2D eigenvalue weighted by molar-refractivity contribution is -0.116. The third kappa shape index (κ3) is 3.40. The summed E-state index contributed by atoms with van der Waals surface area (Å²) in [5, 5.41) is 1.86. The van der Waals surface area contributed by atoms with Gasteiger partial charge < -0.3 is 9.08 Å². The molecule has 0 aromatic heterocycles. The lowest BCUT2D eigenvalue weighted by atomic mass is 10.0. The Hall–Kier alpha value is -2.38. The van der Waals surface area contributed by atoms with Crippen molar-refractivity contribution in [2.45, 2.75) is 24.7 Å². The summed E-state index contributed by atoms with van der Waals surface area (Å²) in [4.78, 5) is 13.6. The molecular weight excluding hydrogens is 442 g/mol. The molecule has 144 valence electrons. The van der Waals surface area contributed by atoms with E-state index < -0.39 is 10.1 Å². The normalized spacial score (nSPS) is 14.0. The molecule has 0 unspecified atom stereocenters. The third-order valence-electron chi connectivity index (χ3n) is 4.87. The zero-order valence-corrected chi connectivity index (χ0v) is 17.6. The molecule has 0 aliphatic carbocycles. The Bertz CT molecular complexity index is 1190. The van der Waals surface area contributed by atoms with Crippen LogP contribution in [-0.2, 0) is 21.3 Å². The topological polar surface area (TPSA) is 63.7 Å². The smallest absolute Gasteiger partial charge is 0.339 e. The van der Waals surface area contributed by atoms with Crippen LogP contribution < -0.4 is 9.08 Å². The van der Waals surface area contributed by atoms with Gasteiger partial charge in [-0.2, -0.15) is 8.42 Å². The first-order chi connectivity index (χ1) is 13.4. The van der Waals surface area contributed by atoms with Crippen molar-refractivity contribution < 1.29 is 17.4 Å². The first-order valence-electron chi connectivity index (χ1n) is 8.89. The van der Waals surface area contributed by atoms with Crippen LogP contribution in [0.5, 0.6) is 5.75 Å². The molecule has 5 nitrogen and oxygen atoms in total. The molecule has 0 saturated carbocycles. The van der Waals surface area contributed by atoms with Gasteiger partial charge in [-0.15, -0.1) is 0 Å². The number of amides is 1. The molecule has 0 spiro atoms. The highest BCUT2D eigenvalue weighted by atomic mass is 79.9. The van der Waals surface area contributed by atoms with Gasteiger partial charge in [-0.05, 0) is 69.4 Å². The monoisotopic (exact) mass is 459 g/mol. The first-order valence-corrected chi connectivity index (χ1v) is 11.1. The van der Waals surface area contributed by atoms with Gasteiger partial charge in [0.05, 0.1) is 4.47 Å². The van der Waals surface area contributed by atoms with Gasteiger partial charge in [0.2, 0.25) is 5.91 Å². The Morgan fingerprint density at radius 1 is 1.11 bits per heavy atom. The molecule has 0 N–H and O–H groups in total. The number of rotatable bonds is 3. The Labute approximate surface area is 172 Å². The van der Waals surface area contributed by atoms with Crippen LogP contribution in [0.25, 0.3) is 10.8 Å². The summed E-state index contributed by atoms with van der Waals surface area (Å²) in [5.74, 6) is 0.190. The van der Waals surface area contributed by atoms with Gasteiger partial charge in [0, 0.05) is 19.2 Å². The maximum absolute atomic E-state index is 12.9. The van der Waals surface area contributed by atoms with Gasteiger partial charge in [-0.3, -0.25) is 4.79 Å². The van der Waals surface area contributed by atoms with E-state index in [-0.39, 0.29) is 16.6 Å². The quantitative estimate of drug-likeness (QED) is 0.533. The standard InChI is InChI=1S/C21H18BrNO4S/c1-14(24)23-12-4-6-16-13-17(9-10-19(16)23)28(25,26)27-20-11-8-15-5-2-3-7-18(15)21(20)22/h2-3,5,7-11,13H,4,6,12H2,1H3. The molecule has 1 aliphatic rings. The molecule has 7 heteroatoms. The van der Waals surface area contributed by atoms with Crippen molar-refractivity contribution in [1.29, 1.82) is 0 Å². The summed E-state index contributed by atoms with van der Waals surface area (Å²) < 4.78 is 31.8. The number of carbonyl (C=O) groups is 1. The lowest BCUT2D eigenvalue weighted by Crippen LogP contribution is -2.33. The van der Waals surface area contributed by atoms with E-state index in [1.165, 1.54) is 13.0 Å². The summed E-state index contributed by atoms with van der Waals surface area (Å²) in [7, 11) is -4.01. The number of halogens is 1. The van der Waals surface area contributed by atoms with Gasteiger partial charge in [-0.25, -0.2) is 0 Å². The van der Waals surface area contributed by atoms with Crippen LogP contribution in [0.4, 0.5) is 5.69 Å². The van der Waals surface area contributed by atoms with Crippen LogP contribution in [0.3, 0.4) is 0 Å². The van der Waals surface area contributed by atoms with Gasteiger partial charge in [0.1, 0.15) is 4.90 Å². The second-order valence-corrected chi connectivity index (χ2v) is 9.04. The minimum absolute atomic E-state index is 0.0482. The third-order valence-corrected chi connectivity index (χ3v) is 6.91. The molecule has 0 atom stereocenters. The SMILES string of the molecule is CC(=O)N1CCCc2cc(S(=O)(=O)Oc3ccc4ccccc4c3Br)ccc21. The second kappa shape index (κ2) is 7.22. The van der Waals surface area contributed by atoms with E-state index in [9.17, 15) is 13.2 Å². The number of fused-ring (bicyclic) bond motifs is 2. The van der Waals surface area contributed by atoms with E-state index in [4.69, 9.17) is 4.18 Å². The Kier molecular flexibility index (Phi) is 4.89. The van der Waals surface area contributed by atoms with Crippen molar-refractivity contribution in [3.8, 4) is 5.75 Å². The van der Waals surface area contributed by atoms with Crippen LogP contribution in [0.15, 0.2) is 64.0 Å². The maximum atomic E-state index is 12.9. The van der Waals surface area contributed by atoms with Crippen molar-refractivity contribution in [1.82, 2.24) is 0 Å². The average molecular weight is 460 g/mol. The Morgan fingerprint density at radius 3 is 2.68 bits per heavy atom. The number of nitrogens with zero attached hydrogens (tertiary/aromatic N) is 1. The predicted molar refractivity (Wildman–Crippen MR) is 112 cm³/mol. The van der Waals surface area contributed by atoms with Gasteiger partial charge >= 0.3 is 10.1 Å². The summed E-state index contributed by atoms with van der Waals surface area (Å²) in [6.07, 6.45) is 1.52. The zero-order valence-electron chi connectivity index (χ0n) is 15.2. The molecule has 0 saturated heterocycles. The van der Waals surface area contributed by atoms with E-state index in [2.05, 4.69) is 15.9 Å². The fourth-order valence-corrected chi connectivity index (χ4v) is 5.17. The van der Waals surface area contributed by atoms with Crippen LogP contribution >= 0.6 is 15.9 Å². The van der Waals surface area contributed by atoms with Crippen molar-refractivity contribution in [3.05, 3.63) is 64.6 Å². The fourth-order valence-electron chi connectivity index (χ4n) is 3.50. The van der Waals surface area contributed by atoms with E-state index >= 15 is 0 Å². The van der Waals surface area contributed by atoms with Crippen molar-refractivity contribution in [2.24, 2.45) is 0 Å². The minimum Gasteiger partial charge on any atom is -0.378 e. The Balaban J connectivity index is 1.70. The zero-order chi connectivity index (χ0) is 19.9. The molecule has 28 heavy (non-hydrogen) atoms. The largest absolute Gasteiger partial charge is 0.378 e. The van der Waals surface area contributed by atoms with Gasteiger partial charge in [0.15, 0.2) is 5.75 Å². The highest BCUT2D eigenvalue weighted by molar-refractivity contribution is 9.10. The van der Waals surface area contributed by atoms with E-state index in [0.29, 0.717) is 11.0 Å². The van der Waals surface area contributed by atoms with E-state index in [1.807, 2.05) is 30.3 Å². The fraction of sp³-hybridized carbons (Fsp3) is 0.190. The molecule has 0 bridgehead atoms. The number of carbonyl (C=O) groups excluding carboxylic acids is 1. The number of aryl methyl sites for hydroxylation is 1.